The SMILES string of the molecule is CCC(CNC(=NC)NCC1CC1)N1CCc2ccccc2C1. The van der Waals surface area contributed by atoms with E-state index in [4.69, 9.17) is 0 Å². The summed E-state index contributed by atoms with van der Waals surface area (Å²) >= 11 is 0. The lowest BCUT2D eigenvalue weighted by Crippen LogP contribution is -2.48. The Labute approximate surface area is 140 Å². The molecule has 126 valence electrons. The van der Waals surface area contributed by atoms with E-state index < -0.39 is 0 Å². The lowest BCUT2D eigenvalue weighted by Gasteiger charge is -2.35. The van der Waals surface area contributed by atoms with E-state index in [1.807, 2.05) is 7.05 Å². The molecule has 1 saturated carbocycles. The molecule has 2 aliphatic rings. The first-order valence-corrected chi connectivity index (χ1v) is 9.05. The number of hydrogen-bond donors (Lipinski definition) is 2. The third kappa shape index (κ3) is 4.47. The molecule has 1 aliphatic carbocycles. The zero-order chi connectivity index (χ0) is 16.1. The van der Waals surface area contributed by atoms with Crippen LogP contribution in [0, 0.1) is 5.92 Å². The number of guanidine groups is 1. The molecule has 1 aromatic rings. The molecule has 1 heterocycles. The summed E-state index contributed by atoms with van der Waals surface area (Å²) in [5.74, 6) is 1.82. The smallest absolute Gasteiger partial charge is 0.191 e. The van der Waals surface area contributed by atoms with Crippen LogP contribution in [0.15, 0.2) is 29.3 Å². The highest BCUT2D eigenvalue weighted by Gasteiger charge is 2.23. The molecular formula is C19H30N4. The summed E-state index contributed by atoms with van der Waals surface area (Å²) in [4.78, 5) is 6.97. The van der Waals surface area contributed by atoms with Crippen molar-refractivity contribution in [3.63, 3.8) is 0 Å². The predicted molar refractivity (Wildman–Crippen MR) is 96.7 cm³/mol. The lowest BCUT2D eigenvalue weighted by atomic mass is 9.98. The first-order chi connectivity index (χ1) is 11.3. The summed E-state index contributed by atoms with van der Waals surface area (Å²) < 4.78 is 0. The molecule has 0 amide bonds. The third-order valence-corrected chi connectivity index (χ3v) is 5.13. The molecule has 1 aromatic carbocycles. The fourth-order valence-corrected chi connectivity index (χ4v) is 3.36. The van der Waals surface area contributed by atoms with Crippen molar-refractivity contribution in [1.29, 1.82) is 0 Å². The number of nitrogens with one attached hydrogen (secondary N) is 2. The van der Waals surface area contributed by atoms with Crippen LogP contribution in [0.3, 0.4) is 0 Å². The summed E-state index contributed by atoms with van der Waals surface area (Å²) in [6.07, 6.45) is 5.07. The first kappa shape index (κ1) is 16.3. The molecule has 0 bridgehead atoms. The van der Waals surface area contributed by atoms with Gasteiger partial charge in [0, 0.05) is 39.3 Å². The Morgan fingerprint density at radius 1 is 1.26 bits per heavy atom. The molecule has 4 nitrogen and oxygen atoms in total. The van der Waals surface area contributed by atoms with Gasteiger partial charge in [0.05, 0.1) is 0 Å². The minimum Gasteiger partial charge on any atom is -0.356 e. The number of benzene rings is 1. The number of fused-ring (bicyclic) bond motifs is 1. The van der Waals surface area contributed by atoms with Crippen LogP contribution in [-0.4, -0.2) is 43.6 Å². The fourth-order valence-electron chi connectivity index (χ4n) is 3.36. The summed E-state index contributed by atoms with van der Waals surface area (Å²) in [7, 11) is 1.86. The number of aliphatic imine (C=N–C) groups is 1. The Morgan fingerprint density at radius 2 is 2.04 bits per heavy atom. The normalized spacial score (nSPS) is 20.0. The number of nitrogens with zero attached hydrogens (tertiary/aromatic N) is 2. The topological polar surface area (TPSA) is 39.7 Å². The second kappa shape index (κ2) is 7.82. The van der Waals surface area contributed by atoms with Crippen LogP contribution >= 0.6 is 0 Å². The van der Waals surface area contributed by atoms with Crippen molar-refractivity contribution in [2.24, 2.45) is 10.9 Å². The van der Waals surface area contributed by atoms with Crippen molar-refractivity contribution in [3.8, 4) is 0 Å². The maximum atomic E-state index is 4.35. The molecule has 0 spiro atoms. The highest BCUT2D eigenvalue weighted by molar-refractivity contribution is 5.79. The molecule has 0 radical (unpaired) electrons. The van der Waals surface area contributed by atoms with Crippen LogP contribution < -0.4 is 10.6 Å². The van der Waals surface area contributed by atoms with Crippen molar-refractivity contribution in [2.45, 2.75) is 45.2 Å². The summed E-state index contributed by atoms with van der Waals surface area (Å²) in [6, 6.07) is 9.42. The molecule has 1 unspecified atom stereocenters. The minimum atomic E-state index is 0.558. The van der Waals surface area contributed by atoms with Gasteiger partial charge >= 0.3 is 0 Å². The molecule has 0 aromatic heterocycles. The van der Waals surface area contributed by atoms with Crippen LogP contribution in [0.1, 0.15) is 37.3 Å². The van der Waals surface area contributed by atoms with Crippen molar-refractivity contribution in [3.05, 3.63) is 35.4 Å². The predicted octanol–water partition coefficient (Wildman–Crippen LogP) is 2.40. The third-order valence-electron chi connectivity index (χ3n) is 5.13. The summed E-state index contributed by atoms with van der Waals surface area (Å²) in [6.45, 7) is 6.54. The van der Waals surface area contributed by atoms with Crippen molar-refractivity contribution < 1.29 is 0 Å². The fraction of sp³-hybridized carbons (Fsp3) is 0.632. The molecular weight excluding hydrogens is 284 g/mol. The summed E-state index contributed by atoms with van der Waals surface area (Å²) in [5.41, 5.74) is 3.02. The molecule has 3 rings (SSSR count). The largest absolute Gasteiger partial charge is 0.356 e. The van der Waals surface area contributed by atoms with Gasteiger partial charge in [0.1, 0.15) is 0 Å². The van der Waals surface area contributed by atoms with E-state index in [2.05, 4.69) is 51.7 Å². The lowest BCUT2D eigenvalue weighted by molar-refractivity contribution is 0.174. The molecule has 1 fully saturated rings. The first-order valence-electron chi connectivity index (χ1n) is 9.05. The molecule has 1 atom stereocenters. The maximum absolute atomic E-state index is 4.35. The van der Waals surface area contributed by atoms with Gasteiger partial charge < -0.3 is 10.6 Å². The Morgan fingerprint density at radius 3 is 2.74 bits per heavy atom. The number of hydrogen-bond acceptors (Lipinski definition) is 2. The Hall–Kier alpha value is -1.55. The quantitative estimate of drug-likeness (QED) is 0.626. The van der Waals surface area contributed by atoms with E-state index in [0.717, 1.165) is 44.5 Å². The van der Waals surface area contributed by atoms with E-state index in [-0.39, 0.29) is 0 Å². The van der Waals surface area contributed by atoms with Gasteiger partial charge in [-0.25, -0.2) is 0 Å². The van der Waals surface area contributed by atoms with E-state index in [1.54, 1.807) is 0 Å². The standard InChI is InChI=1S/C19H30N4/c1-3-18(13-22-19(20-2)21-12-15-8-9-15)23-11-10-16-6-4-5-7-17(16)14-23/h4-7,15,18H,3,8-14H2,1-2H3,(H2,20,21,22). The molecule has 23 heavy (non-hydrogen) atoms. The van der Waals surface area contributed by atoms with Gasteiger partial charge in [-0.3, -0.25) is 9.89 Å². The average Bonchev–Trinajstić information content (AvgIpc) is 3.42. The van der Waals surface area contributed by atoms with Gasteiger partial charge in [-0.05, 0) is 42.7 Å². The molecule has 4 heteroatoms. The van der Waals surface area contributed by atoms with Gasteiger partial charge in [-0.1, -0.05) is 31.2 Å². The minimum absolute atomic E-state index is 0.558. The molecule has 2 N–H and O–H groups in total. The Kier molecular flexibility index (Phi) is 5.55. The van der Waals surface area contributed by atoms with Crippen LogP contribution in [0.25, 0.3) is 0 Å². The van der Waals surface area contributed by atoms with Gasteiger partial charge in [0.2, 0.25) is 0 Å². The van der Waals surface area contributed by atoms with E-state index in [1.165, 1.54) is 30.4 Å². The van der Waals surface area contributed by atoms with Crippen molar-refractivity contribution in [1.82, 2.24) is 15.5 Å². The Bertz CT molecular complexity index is 536. The van der Waals surface area contributed by atoms with E-state index >= 15 is 0 Å². The van der Waals surface area contributed by atoms with Gasteiger partial charge in [0.25, 0.3) is 0 Å². The molecule has 0 saturated heterocycles. The van der Waals surface area contributed by atoms with Gasteiger partial charge in [-0.15, -0.1) is 0 Å². The Balaban J connectivity index is 1.51. The van der Waals surface area contributed by atoms with E-state index in [0.29, 0.717) is 6.04 Å². The van der Waals surface area contributed by atoms with Gasteiger partial charge in [0.15, 0.2) is 5.96 Å². The zero-order valence-electron chi connectivity index (χ0n) is 14.5. The van der Waals surface area contributed by atoms with Crippen molar-refractivity contribution in [2.75, 3.05) is 26.7 Å². The highest BCUT2D eigenvalue weighted by atomic mass is 15.2. The van der Waals surface area contributed by atoms with Crippen molar-refractivity contribution >= 4 is 5.96 Å². The average molecular weight is 314 g/mol. The van der Waals surface area contributed by atoms with Crippen LogP contribution in [0.4, 0.5) is 0 Å². The monoisotopic (exact) mass is 314 g/mol. The highest BCUT2D eigenvalue weighted by Crippen LogP contribution is 2.27. The van der Waals surface area contributed by atoms with Crippen LogP contribution in [-0.2, 0) is 13.0 Å². The van der Waals surface area contributed by atoms with E-state index in [9.17, 15) is 0 Å². The maximum Gasteiger partial charge on any atom is 0.191 e. The second-order valence-corrected chi connectivity index (χ2v) is 6.83. The number of rotatable bonds is 6. The zero-order valence-corrected chi connectivity index (χ0v) is 14.5. The van der Waals surface area contributed by atoms with Gasteiger partial charge in [-0.2, -0.15) is 0 Å². The summed E-state index contributed by atoms with van der Waals surface area (Å²) in [5, 5.41) is 6.97. The second-order valence-electron chi connectivity index (χ2n) is 6.83. The van der Waals surface area contributed by atoms with Crippen LogP contribution in [0.2, 0.25) is 0 Å². The van der Waals surface area contributed by atoms with Crippen LogP contribution in [0.5, 0.6) is 0 Å². The molecule has 1 aliphatic heterocycles.